The van der Waals surface area contributed by atoms with Crippen LogP contribution in [-0.2, 0) is 16.1 Å². The Morgan fingerprint density at radius 2 is 1.76 bits per heavy atom. The number of fused-ring (bicyclic) bond motifs is 1. The number of carbonyl (C=O) groups is 4. The lowest BCUT2D eigenvalue weighted by Crippen LogP contribution is -2.44. The molecule has 3 aromatic carbocycles. The van der Waals surface area contributed by atoms with E-state index in [1.54, 1.807) is 48.5 Å². The van der Waals surface area contributed by atoms with E-state index in [1.807, 2.05) is 0 Å². The molecule has 2 aromatic heterocycles. The number of halogens is 3. The number of rotatable bonds is 8. The summed E-state index contributed by atoms with van der Waals surface area (Å²) in [6, 6.07) is 14.8. The number of nitrogens with one attached hydrogen (secondary N) is 1. The third kappa shape index (κ3) is 5.79. The zero-order chi connectivity index (χ0) is 32.5. The van der Waals surface area contributed by atoms with Crippen LogP contribution in [0.25, 0.3) is 33.2 Å². The van der Waals surface area contributed by atoms with E-state index in [2.05, 4.69) is 20.4 Å². The van der Waals surface area contributed by atoms with Crippen molar-refractivity contribution in [2.45, 2.75) is 25.2 Å². The van der Waals surface area contributed by atoms with Gasteiger partial charge in [-0.1, -0.05) is 48.0 Å². The maximum absolute atomic E-state index is 15.5. The summed E-state index contributed by atoms with van der Waals surface area (Å²) in [6.07, 6.45) is 1.62. The third-order valence-corrected chi connectivity index (χ3v) is 8.00. The van der Waals surface area contributed by atoms with E-state index in [0.29, 0.717) is 38.9 Å². The Bertz CT molecular complexity index is 2020. The molecule has 3 heterocycles. The summed E-state index contributed by atoms with van der Waals surface area (Å²) in [7, 11) is 0. The molecule has 0 spiro atoms. The van der Waals surface area contributed by atoms with Crippen molar-refractivity contribution < 1.29 is 28.0 Å². The minimum Gasteiger partial charge on any atom is -0.364 e. The first-order chi connectivity index (χ1) is 22.1. The summed E-state index contributed by atoms with van der Waals surface area (Å²) in [5, 5.41) is 7.40. The molecule has 1 aliphatic rings. The van der Waals surface area contributed by atoms with Gasteiger partial charge in [-0.05, 0) is 29.8 Å². The molecule has 0 bridgehead atoms. The molecule has 232 valence electrons. The lowest BCUT2D eigenvalue weighted by molar-refractivity contribution is -0.137. The van der Waals surface area contributed by atoms with Crippen LogP contribution in [0.5, 0.6) is 0 Å². The van der Waals surface area contributed by atoms with Crippen LogP contribution in [0, 0.1) is 5.82 Å². The van der Waals surface area contributed by atoms with Gasteiger partial charge in [0.25, 0.3) is 5.91 Å². The summed E-state index contributed by atoms with van der Waals surface area (Å²) >= 11 is 6.24. The second-order valence-electron chi connectivity index (χ2n) is 10.6. The number of amides is 3. The van der Waals surface area contributed by atoms with Gasteiger partial charge >= 0.3 is 0 Å². The SMILES string of the molecule is NC(=O)c1nn(CC(=O)N2C[C@H](F)C[C@H]2C(=O)Nc2cccc(-c3ccccc3Cl)c2F)c2ccc(-c3cnc(C=O)nc3)cc12. The maximum Gasteiger partial charge on any atom is 0.269 e. The molecule has 1 fully saturated rings. The van der Waals surface area contributed by atoms with Crippen molar-refractivity contribution in [2.24, 2.45) is 5.73 Å². The molecule has 0 unspecified atom stereocenters. The standard InChI is InChI=1S/C32H24ClF2N7O4/c33-23-6-2-1-4-20(23)21-5-3-7-24(29(21)35)39-32(46)26-11-19(34)14-41(26)28(44)15-42-25-9-8-17(10-22(25)30(40-42)31(36)45)18-12-37-27(16-43)38-13-18/h1-10,12-13,16,19,26H,11,14-15H2,(H2,36,45)(H,39,46)/t19-,26+/m1/s1. The van der Waals surface area contributed by atoms with Gasteiger partial charge in [-0.3, -0.25) is 23.9 Å². The van der Waals surface area contributed by atoms with Crippen molar-refractivity contribution in [3.63, 3.8) is 0 Å². The predicted octanol–water partition coefficient (Wildman–Crippen LogP) is 4.44. The van der Waals surface area contributed by atoms with Crippen molar-refractivity contribution in [1.82, 2.24) is 24.6 Å². The Kier molecular flexibility index (Phi) is 8.24. The molecule has 3 N–H and O–H groups in total. The molecular formula is C32H24ClF2N7O4. The number of aromatic nitrogens is 4. The van der Waals surface area contributed by atoms with Gasteiger partial charge in [-0.2, -0.15) is 5.10 Å². The average molecular weight is 644 g/mol. The van der Waals surface area contributed by atoms with Gasteiger partial charge in [0.15, 0.2) is 23.6 Å². The number of primary amides is 1. The van der Waals surface area contributed by atoms with Crippen LogP contribution in [0.1, 0.15) is 27.5 Å². The zero-order valence-electron chi connectivity index (χ0n) is 23.9. The lowest BCUT2D eigenvalue weighted by atomic mass is 10.0. The van der Waals surface area contributed by atoms with Crippen molar-refractivity contribution in [2.75, 3.05) is 11.9 Å². The molecule has 0 saturated carbocycles. The summed E-state index contributed by atoms with van der Waals surface area (Å²) in [4.78, 5) is 59.0. The van der Waals surface area contributed by atoms with Gasteiger partial charge in [0.2, 0.25) is 11.8 Å². The fraction of sp³-hybridized carbons (Fsp3) is 0.156. The number of nitrogens with zero attached hydrogens (tertiary/aromatic N) is 5. The van der Waals surface area contributed by atoms with E-state index >= 15 is 4.39 Å². The smallest absolute Gasteiger partial charge is 0.269 e. The Balaban J connectivity index is 1.24. The Hall–Kier alpha value is -5.56. The van der Waals surface area contributed by atoms with Gasteiger partial charge in [-0.25, -0.2) is 18.7 Å². The predicted molar refractivity (Wildman–Crippen MR) is 165 cm³/mol. The van der Waals surface area contributed by atoms with Crippen LogP contribution in [0.3, 0.4) is 0 Å². The van der Waals surface area contributed by atoms with E-state index in [9.17, 15) is 23.6 Å². The van der Waals surface area contributed by atoms with Crippen molar-refractivity contribution >= 4 is 52.2 Å². The number of carbonyl (C=O) groups excluding carboxylic acids is 4. The van der Waals surface area contributed by atoms with Crippen molar-refractivity contribution in [3.05, 3.63) is 95.4 Å². The molecule has 6 rings (SSSR count). The van der Waals surface area contributed by atoms with E-state index in [4.69, 9.17) is 17.3 Å². The lowest BCUT2D eigenvalue weighted by Gasteiger charge is -2.24. The van der Waals surface area contributed by atoms with Crippen molar-refractivity contribution in [3.8, 4) is 22.3 Å². The van der Waals surface area contributed by atoms with Gasteiger partial charge in [-0.15, -0.1) is 0 Å². The highest BCUT2D eigenvalue weighted by atomic mass is 35.5. The van der Waals surface area contributed by atoms with Crippen molar-refractivity contribution in [1.29, 1.82) is 0 Å². The number of anilines is 1. The van der Waals surface area contributed by atoms with Gasteiger partial charge in [0.05, 0.1) is 17.7 Å². The first-order valence-electron chi connectivity index (χ1n) is 14.0. The normalized spacial score (nSPS) is 16.0. The van der Waals surface area contributed by atoms with Crippen LogP contribution < -0.4 is 11.1 Å². The minimum atomic E-state index is -1.50. The first kappa shape index (κ1) is 30.5. The van der Waals surface area contributed by atoms with E-state index < -0.39 is 42.3 Å². The molecule has 3 amide bonds. The highest BCUT2D eigenvalue weighted by molar-refractivity contribution is 6.33. The average Bonchev–Trinajstić information content (AvgIpc) is 3.63. The summed E-state index contributed by atoms with van der Waals surface area (Å²) in [6.45, 7) is -0.797. The third-order valence-electron chi connectivity index (χ3n) is 7.67. The molecule has 0 radical (unpaired) electrons. The van der Waals surface area contributed by atoms with Crippen LogP contribution in [-0.4, -0.2) is 67.4 Å². The van der Waals surface area contributed by atoms with Crippen LogP contribution >= 0.6 is 11.6 Å². The first-order valence-corrected chi connectivity index (χ1v) is 14.4. The molecule has 1 aliphatic heterocycles. The monoisotopic (exact) mass is 643 g/mol. The number of likely N-dealkylation sites (tertiary alicyclic amines) is 1. The molecule has 1 saturated heterocycles. The van der Waals surface area contributed by atoms with Gasteiger partial charge in [0, 0.05) is 45.9 Å². The summed E-state index contributed by atoms with van der Waals surface area (Å²) in [5.74, 6) is -2.98. The van der Waals surface area contributed by atoms with Crippen LogP contribution in [0.15, 0.2) is 73.1 Å². The number of aldehydes is 1. The number of hydrogen-bond acceptors (Lipinski definition) is 7. The van der Waals surface area contributed by atoms with Crippen LogP contribution in [0.4, 0.5) is 14.5 Å². The number of alkyl halides is 1. The highest BCUT2D eigenvalue weighted by Gasteiger charge is 2.40. The summed E-state index contributed by atoms with van der Waals surface area (Å²) in [5.41, 5.74) is 7.45. The molecule has 0 aliphatic carbocycles. The Labute approximate surface area is 265 Å². The quantitative estimate of drug-likeness (QED) is 0.237. The molecule has 2 atom stereocenters. The molecule has 46 heavy (non-hydrogen) atoms. The minimum absolute atomic E-state index is 0.00848. The maximum atomic E-state index is 15.5. The molecule has 11 nitrogen and oxygen atoms in total. The van der Waals surface area contributed by atoms with E-state index in [1.165, 1.54) is 29.2 Å². The number of hydrogen-bond donors (Lipinski definition) is 2. The molecule has 5 aromatic rings. The van der Waals surface area contributed by atoms with Gasteiger partial charge < -0.3 is 16.0 Å². The Morgan fingerprint density at radius 3 is 2.48 bits per heavy atom. The van der Waals surface area contributed by atoms with E-state index in [-0.39, 0.29) is 35.7 Å². The zero-order valence-corrected chi connectivity index (χ0v) is 24.6. The topological polar surface area (TPSA) is 153 Å². The Morgan fingerprint density at radius 1 is 1.02 bits per heavy atom. The summed E-state index contributed by atoms with van der Waals surface area (Å²) < 4.78 is 31.4. The van der Waals surface area contributed by atoms with Crippen LogP contribution in [0.2, 0.25) is 5.02 Å². The second kappa shape index (κ2) is 12.4. The number of nitrogens with two attached hydrogens (primary N) is 1. The number of benzene rings is 3. The molecule has 14 heteroatoms. The molecular weight excluding hydrogens is 620 g/mol. The fourth-order valence-electron chi connectivity index (χ4n) is 5.47. The van der Waals surface area contributed by atoms with Gasteiger partial charge in [0.1, 0.15) is 18.8 Å². The second-order valence-corrected chi connectivity index (χ2v) is 11.0. The van der Waals surface area contributed by atoms with E-state index in [0.717, 1.165) is 4.90 Å². The largest absolute Gasteiger partial charge is 0.364 e. The highest BCUT2D eigenvalue weighted by Crippen LogP contribution is 2.33. The fourth-order valence-corrected chi connectivity index (χ4v) is 5.71.